The SMILES string of the molecule is CON=C(C(=O)N[C@@H]1C(=O)N2C(C(=O)OC(C)(C)C)=C(C=CCO[Si](C)(C)C(C)(C)C)SC[C@H]12)c1csc(NC(c2ccccc2)(c2ccccc2)c2ccccc2)n1. The summed E-state index contributed by atoms with van der Waals surface area (Å²) in [4.78, 5) is 53.7. The summed E-state index contributed by atoms with van der Waals surface area (Å²) in [5.74, 6) is -1.24. The molecule has 0 aliphatic carbocycles. The van der Waals surface area contributed by atoms with Crippen LogP contribution in [-0.4, -0.2) is 78.9 Å². The standard InChI is InChI=1S/C45H53N5O6S2Si/c1-43(2,3)56-41(53)38-35(26-19-27-55-59(8,9)44(4,5)6)57-29-34-37(40(52)50(34)38)47-39(51)36(49-54-7)33-28-58-42(46-33)48-45(30-20-13-10-14-21-30,31-22-15-11-16-23-31)32-24-17-12-18-25-32/h10-26,28,34,37H,27,29H2,1-9H3,(H,46,48)(H,47,51)/t34-,37+/m1/s1. The van der Waals surface area contributed by atoms with Gasteiger partial charge in [-0.3, -0.25) is 14.5 Å². The Hall–Kier alpha value is -5.02. The fourth-order valence-electron chi connectivity index (χ4n) is 6.68. The van der Waals surface area contributed by atoms with Gasteiger partial charge in [-0.05, 0) is 61.7 Å². The van der Waals surface area contributed by atoms with Crippen molar-refractivity contribution in [3.05, 3.63) is 142 Å². The number of hydrogen-bond donors (Lipinski definition) is 2. The number of thioether (sulfide) groups is 1. The summed E-state index contributed by atoms with van der Waals surface area (Å²) >= 11 is 2.75. The van der Waals surface area contributed by atoms with Gasteiger partial charge in [-0.2, -0.15) is 0 Å². The highest BCUT2D eigenvalue weighted by Crippen LogP contribution is 2.43. The van der Waals surface area contributed by atoms with Crippen molar-refractivity contribution in [3.63, 3.8) is 0 Å². The normalized spacial score (nSPS) is 17.7. The molecular weight excluding hydrogens is 799 g/mol. The van der Waals surface area contributed by atoms with Crippen molar-refractivity contribution in [2.75, 3.05) is 24.8 Å². The summed E-state index contributed by atoms with van der Waals surface area (Å²) in [6.07, 6.45) is 3.71. The Labute approximate surface area is 356 Å². The van der Waals surface area contributed by atoms with Crippen LogP contribution in [0.2, 0.25) is 18.1 Å². The first kappa shape index (κ1) is 43.6. The number of fused-ring (bicyclic) bond motifs is 1. The number of ether oxygens (including phenoxy) is 1. The Morgan fingerprint density at radius 2 is 1.47 bits per heavy atom. The highest BCUT2D eigenvalue weighted by molar-refractivity contribution is 8.03. The Kier molecular flexibility index (Phi) is 13.0. The van der Waals surface area contributed by atoms with Gasteiger partial charge in [-0.25, -0.2) is 9.78 Å². The Bertz CT molecular complexity index is 2130. The molecule has 59 heavy (non-hydrogen) atoms. The Morgan fingerprint density at radius 3 is 1.98 bits per heavy atom. The molecule has 1 saturated heterocycles. The highest BCUT2D eigenvalue weighted by atomic mass is 32.2. The molecule has 1 aromatic heterocycles. The number of thiazole rings is 1. The van der Waals surface area contributed by atoms with Gasteiger partial charge in [0.1, 0.15) is 35.7 Å². The van der Waals surface area contributed by atoms with E-state index in [1.165, 1.54) is 35.1 Å². The number of hydrogen-bond acceptors (Lipinski definition) is 11. The summed E-state index contributed by atoms with van der Waals surface area (Å²) < 4.78 is 12.1. The minimum Gasteiger partial charge on any atom is -0.455 e. The number of carbonyl (C=O) groups excluding carboxylic acids is 3. The quantitative estimate of drug-likeness (QED) is 0.0321. The fraction of sp³-hybridized carbons (Fsp3) is 0.356. The number of nitrogens with zero attached hydrogens (tertiary/aromatic N) is 3. The molecule has 0 radical (unpaired) electrons. The average Bonchev–Trinajstić information content (AvgIpc) is 3.67. The van der Waals surface area contributed by atoms with Crippen molar-refractivity contribution in [3.8, 4) is 0 Å². The van der Waals surface area contributed by atoms with Crippen LogP contribution in [0.15, 0.2) is 124 Å². The fourth-order valence-corrected chi connectivity index (χ4v) is 9.58. The molecule has 11 nitrogen and oxygen atoms in total. The number of oxime groups is 1. The molecule has 4 aromatic rings. The van der Waals surface area contributed by atoms with Gasteiger partial charge in [0.15, 0.2) is 19.2 Å². The van der Waals surface area contributed by atoms with Gasteiger partial charge in [-0.1, -0.05) is 123 Å². The minimum absolute atomic E-state index is 0.0452. The maximum atomic E-state index is 14.0. The zero-order valence-corrected chi connectivity index (χ0v) is 37.7. The molecule has 3 aromatic carbocycles. The molecule has 2 aliphatic heterocycles. The molecule has 0 saturated carbocycles. The maximum Gasteiger partial charge on any atom is 0.356 e. The lowest BCUT2D eigenvalue weighted by molar-refractivity contribution is -0.160. The molecule has 310 valence electrons. The van der Waals surface area contributed by atoms with Crippen molar-refractivity contribution in [2.24, 2.45) is 5.16 Å². The molecular formula is C45H53N5O6S2Si. The van der Waals surface area contributed by atoms with Crippen LogP contribution in [0.1, 0.15) is 63.9 Å². The smallest absolute Gasteiger partial charge is 0.356 e. The van der Waals surface area contributed by atoms with Crippen LogP contribution in [0, 0.1) is 0 Å². The van der Waals surface area contributed by atoms with E-state index in [9.17, 15) is 14.4 Å². The largest absolute Gasteiger partial charge is 0.455 e. The van der Waals surface area contributed by atoms with E-state index in [-0.39, 0.29) is 22.1 Å². The van der Waals surface area contributed by atoms with Gasteiger partial charge in [-0.15, -0.1) is 23.1 Å². The number of allylic oxidation sites excluding steroid dienone is 1. The minimum atomic E-state index is -2.00. The number of benzene rings is 3. The first-order valence-corrected chi connectivity index (χ1v) is 24.3. The number of amides is 2. The van der Waals surface area contributed by atoms with Crippen LogP contribution in [0.5, 0.6) is 0 Å². The molecule has 2 atom stereocenters. The molecule has 2 N–H and O–H groups in total. The van der Waals surface area contributed by atoms with E-state index in [0.717, 1.165) is 16.7 Å². The van der Waals surface area contributed by atoms with E-state index in [2.05, 4.69) is 86.1 Å². The van der Waals surface area contributed by atoms with Crippen LogP contribution in [0.3, 0.4) is 0 Å². The average molecular weight is 852 g/mol. The maximum absolute atomic E-state index is 14.0. The third kappa shape index (κ3) is 9.41. The van der Waals surface area contributed by atoms with Crippen molar-refractivity contribution in [2.45, 2.75) is 82.9 Å². The molecule has 2 amide bonds. The van der Waals surface area contributed by atoms with E-state index >= 15 is 0 Å². The van der Waals surface area contributed by atoms with Gasteiger partial charge in [0, 0.05) is 16.0 Å². The first-order valence-electron chi connectivity index (χ1n) is 19.5. The lowest BCUT2D eigenvalue weighted by Crippen LogP contribution is -2.73. The van der Waals surface area contributed by atoms with E-state index in [1.54, 1.807) is 26.2 Å². The second kappa shape index (κ2) is 17.7. The predicted molar refractivity (Wildman–Crippen MR) is 239 cm³/mol. The second-order valence-corrected chi connectivity index (χ2v) is 23.6. The zero-order valence-electron chi connectivity index (χ0n) is 35.1. The van der Waals surface area contributed by atoms with Crippen molar-refractivity contribution < 1.29 is 28.4 Å². The summed E-state index contributed by atoms with van der Waals surface area (Å²) in [6, 6.07) is 29.0. The molecule has 1 fully saturated rings. The second-order valence-electron chi connectivity index (χ2n) is 16.9. The van der Waals surface area contributed by atoms with Crippen LogP contribution < -0.4 is 10.6 Å². The van der Waals surface area contributed by atoms with Crippen LogP contribution in [-0.2, 0) is 33.9 Å². The lowest BCUT2D eigenvalue weighted by Gasteiger charge is -2.50. The van der Waals surface area contributed by atoms with Gasteiger partial charge < -0.3 is 24.6 Å². The number of rotatable bonds is 14. The van der Waals surface area contributed by atoms with Crippen LogP contribution >= 0.6 is 23.1 Å². The highest BCUT2D eigenvalue weighted by Gasteiger charge is 2.54. The number of anilines is 1. The van der Waals surface area contributed by atoms with E-state index < -0.39 is 49.3 Å². The third-order valence-corrected chi connectivity index (χ3v) is 17.1. The van der Waals surface area contributed by atoms with Gasteiger partial charge in [0.2, 0.25) is 0 Å². The lowest BCUT2D eigenvalue weighted by atomic mass is 9.77. The summed E-state index contributed by atoms with van der Waals surface area (Å²) in [5.41, 5.74) is 1.68. The van der Waals surface area contributed by atoms with E-state index in [0.29, 0.717) is 22.4 Å². The topological polar surface area (TPSA) is 131 Å². The van der Waals surface area contributed by atoms with Gasteiger partial charge >= 0.3 is 5.97 Å². The summed E-state index contributed by atoms with van der Waals surface area (Å²) in [6.45, 7) is 16.6. The van der Waals surface area contributed by atoms with E-state index in [1.807, 2.05) is 66.7 Å². The molecule has 14 heteroatoms. The predicted octanol–water partition coefficient (Wildman–Crippen LogP) is 8.47. The molecule has 3 heterocycles. The molecule has 6 rings (SSSR count). The monoisotopic (exact) mass is 851 g/mol. The molecule has 2 aliphatic rings. The molecule has 0 unspecified atom stereocenters. The Morgan fingerprint density at radius 1 is 0.915 bits per heavy atom. The number of aromatic nitrogens is 1. The van der Waals surface area contributed by atoms with Crippen molar-refractivity contribution in [1.29, 1.82) is 0 Å². The van der Waals surface area contributed by atoms with Gasteiger partial charge in [0.05, 0.1) is 12.6 Å². The van der Waals surface area contributed by atoms with Crippen LogP contribution in [0.4, 0.5) is 5.13 Å². The van der Waals surface area contributed by atoms with Gasteiger partial charge in [0.25, 0.3) is 11.8 Å². The number of carbonyl (C=O) groups is 3. The zero-order chi connectivity index (χ0) is 42.6. The molecule has 0 spiro atoms. The van der Waals surface area contributed by atoms with E-state index in [4.69, 9.17) is 19.0 Å². The number of nitrogens with one attached hydrogen (secondary N) is 2. The number of esters is 1. The summed E-state index contributed by atoms with van der Waals surface area (Å²) in [7, 11) is -0.650. The molecule has 0 bridgehead atoms. The number of β-lactam (4-membered cyclic amide) rings is 1. The van der Waals surface area contributed by atoms with Crippen LogP contribution in [0.25, 0.3) is 0 Å². The van der Waals surface area contributed by atoms with Crippen molar-refractivity contribution in [1.82, 2.24) is 15.2 Å². The summed E-state index contributed by atoms with van der Waals surface area (Å²) in [5, 5.41) is 13.0. The Balaban J connectivity index is 1.24. The first-order chi connectivity index (χ1) is 28.0. The van der Waals surface area contributed by atoms with Crippen molar-refractivity contribution >= 4 is 60.0 Å². The third-order valence-electron chi connectivity index (χ3n) is 10.7.